The van der Waals surface area contributed by atoms with Gasteiger partial charge in [0.15, 0.2) is 29.0 Å². The van der Waals surface area contributed by atoms with Crippen molar-refractivity contribution in [1.29, 1.82) is 0 Å². The molecule has 0 saturated carbocycles. The average Bonchev–Trinajstić information content (AvgIpc) is 3.58. The minimum absolute atomic E-state index is 0.0103. The van der Waals surface area contributed by atoms with Crippen LogP contribution in [-0.2, 0) is 17.3 Å². The molecule has 2 N–H and O–H groups in total. The quantitative estimate of drug-likeness (QED) is 0.234. The first-order valence-electron chi connectivity index (χ1n) is 12.7. The van der Waals surface area contributed by atoms with E-state index in [1.54, 1.807) is 19.2 Å². The van der Waals surface area contributed by atoms with E-state index in [-0.39, 0.29) is 28.0 Å². The molecule has 6 rings (SSSR count). The van der Waals surface area contributed by atoms with Crippen molar-refractivity contribution in [2.24, 2.45) is 7.05 Å². The maximum absolute atomic E-state index is 15.1. The Balaban J connectivity index is 1.38. The topological polar surface area (TPSA) is 102 Å². The Labute approximate surface area is 231 Å². The molecule has 1 atom stereocenters. The summed E-state index contributed by atoms with van der Waals surface area (Å²) >= 11 is 0. The lowest BCUT2D eigenvalue weighted by molar-refractivity contribution is -0.131. The van der Waals surface area contributed by atoms with Crippen LogP contribution in [0.15, 0.2) is 60.8 Å². The lowest BCUT2D eigenvalue weighted by Gasteiger charge is -2.34. The maximum Gasteiger partial charge on any atom is 0.328 e. The number of nitrogens with zero attached hydrogens (tertiary/aromatic N) is 3. The predicted octanol–water partition coefficient (Wildman–Crippen LogP) is 6.36. The van der Waals surface area contributed by atoms with Crippen LogP contribution in [0.4, 0.5) is 13.2 Å². The number of nitrogens with one attached hydrogen (secondary N) is 1. The summed E-state index contributed by atoms with van der Waals surface area (Å²) in [5.41, 5.74) is 0.935. The van der Waals surface area contributed by atoms with Gasteiger partial charge >= 0.3 is 5.97 Å². The number of halogens is 3. The van der Waals surface area contributed by atoms with Gasteiger partial charge in [0.1, 0.15) is 17.3 Å². The standard InChI is InChI=1S/C30H23F3N4O4/c1-30(11-13-40-26-16(6-9-24(38)39)4-3-5-20(26)30)29-35-28(37(2)36-29)19-14-17(7-8-21(19)31)41-27-22(32)15-23-18(25(27)33)10-12-34-23/h3-10,12,14-15,34H,11,13H2,1-2H3,(H,38,39)/b9-6+/t30-/m0/s1. The van der Waals surface area contributed by atoms with Gasteiger partial charge in [0.2, 0.25) is 0 Å². The summed E-state index contributed by atoms with van der Waals surface area (Å²) in [4.78, 5) is 18.5. The molecule has 0 unspecified atom stereocenters. The van der Waals surface area contributed by atoms with Crippen LogP contribution >= 0.6 is 0 Å². The molecule has 2 aromatic heterocycles. The first kappa shape index (κ1) is 26.2. The van der Waals surface area contributed by atoms with Crippen molar-refractivity contribution in [3.8, 4) is 28.6 Å². The molecule has 8 nitrogen and oxygen atoms in total. The molecule has 0 radical (unpaired) electrons. The number of para-hydroxylation sites is 1. The van der Waals surface area contributed by atoms with E-state index >= 15 is 4.39 Å². The van der Waals surface area contributed by atoms with Crippen molar-refractivity contribution >= 4 is 22.9 Å². The molecule has 3 heterocycles. The van der Waals surface area contributed by atoms with E-state index < -0.39 is 34.6 Å². The minimum Gasteiger partial charge on any atom is -0.493 e. The van der Waals surface area contributed by atoms with Gasteiger partial charge in [-0.25, -0.2) is 27.6 Å². The van der Waals surface area contributed by atoms with Crippen LogP contribution < -0.4 is 9.47 Å². The third kappa shape index (κ3) is 4.48. The fourth-order valence-electron chi connectivity index (χ4n) is 5.08. The number of carboxylic acid groups (broad SMARTS) is 1. The van der Waals surface area contributed by atoms with Crippen molar-refractivity contribution in [3.63, 3.8) is 0 Å². The molecule has 41 heavy (non-hydrogen) atoms. The SMILES string of the molecule is Cn1nc([C@@]2(C)CCOc3c(/C=C/C(=O)O)cccc32)nc1-c1cc(Oc2c(F)cc3[nH]ccc3c2F)ccc1F. The highest BCUT2D eigenvalue weighted by Gasteiger charge is 2.40. The Bertz CT molecular complexity index is 1860. The van der Waals surface area contributed by atoms with Gasteiger partial charge in [0.25, 0.3) is 0 Å². The van der Waals surface area contributed by atoms with Gasteiger partial charge < -0.3 is 19.6 Å². The molecule has 5 aromatic rings. The number of aromatic amines is 1. The lowest BCUT2D eigenvalue weighted by Crippen LogP contribution is -2.32. The molecule has 0 spiro atoms. The van der Waals surface area contributed by atoms with Crippen LogP contribution in [0.3, 0.4) is 0 Å². The summed E-state index contributed by atoms with van der Waals surface area (Å²) in [7, 11) is 1.62. The predicted molar refractivity (Wildman–Crippen MR) is 144 cm³/mol. The zero-order chi connectivity index (χ0) is 28.9. The van der Waals surface area contributed by atoms with Gasteiger partial charge in [-0.05, 0) is 43.7 Å². The number of aliphatic carboxylic acids is 1. The summed E-state index contributed by atoms with van der Waals surface area (Å²) in [6.07, 6.45) is 4.50. The molecule has 0 bridgehead atoms. The van der Waals surface area contributed by atoms with E-state index in [1.165, 1.54) is 35.2 Å². The highest BCUT2D eigenvalue weighted by molar-refractivity contribution is 5.86. The molecule has 0 saturated heterocycles. The second-order valence-electron chi connectivity index (χ2n) is 9.89. The van der Waals surface area contributed by atoms with E-state index in [0.29, 0.717) is 30.2 Å². The van der Waals surface area contributed by atoms with E-state index in [1.807, 2.05) is 13.0 Å². The molecule has 0 amide bonds. The smallest absolute Gasteiger partial charge is 0.328 e. The summed E-state index contributed by atoms with van der Waals surface area (Å²) < 4.78 is 57.7. The van der Waals surface area contributed by atoms with E-state index in [9.17, 15) is 13.6 Å². The second-order valence-corrected chi connectivity index (χ2v) is 9.89. The summed E-state index contributed by atoms with van der Waals surface area (Å²) in [6, 6.07) is 11.7. The minimum atomic E-state index is -1.08. The van der Waals surface area contributed by atoms with Crippen molar-refractivity contribution < 1.29 is 32.5 Å². The zero-order valence-corrected chi connectivity index (χ0v) is 21.9. The Kier molecular flexibility index (Phi) is 6.29. The number of hydrogen-bond donors (Lipinski definition) is 2. The Morgan fingerprint density at radius 1 is 1.17 bits per heavy atom. The van der Waals surface area contributed by atoms with E-state index in [4.69, 9.17) is 19.6 Å². The molecule has 0 fully saturated rings. The van der Waals surface area contributed by atoms with Crippen LogP contribution in [0.25, 0.3) is 28.4 Å². The number of carbonyl (C=O) groups is 1. The summed E-state index contributed by atoms with van der Waals surface area (Å²) in [6.45, 7) is 2.27. The first-order valence-corrected chi connectivity index (χ1v) is 12.7. The Morgan fingerprint density at radius 2 is 2.00 bits per heavy atom. The number of hydrogen-bond acceptors (Lipinski definition) is 5. The molecule has 208 valence electrons. The van der Waals surface area contributed by atoms with Crippen LogP contribution in [-0.4, -0.2) is 37.4 Å². The zero-order valence-electron chi connectivity index (χ0n) is 21.9. The molecule has 0 aliphatic carbocycles. The molecule has 1 aliphatic heterocycles. The second kappa shape index (κ2) is 9.84. The molecule has 1 aliphatic rings. The lowest BCUT2D eigenvalue weighted by atomic mass is 9.76. The number of fused-ring (bicyclic) bond motifs is 2. The summed E-state index contributed by atoms with van der Waals surface area (Å²) in [5.74, 6) is -2.98. The monoisotopic (exact) mass is 560 g/mol. The van der Waals surface area contributed by atoms with Gasteiger partial charge in [-0.1, -0.05) is 18.2 Å². The van der Waals surface area contributed by atoms with Crippen molar-refractivity contribution in [2.45, 2.75) is 18.8 Å². The largest absolute Gasteiger partial charge is 0.493 e. The van der Waals surface area contributed by atoms with Gasteiger partial charge in [-0.3, -0.25) is 0 Å². The van der Waals surface area contributed by atoms with Gasteiger partial charge in [0, 0.05) is 41.9 Å². The highest BCUT2D eigenvalue weighted by Crippen LogP contribution is 2.45. The molecule has 3 aromatic carbocycles. The Morgan fingerprint density at radius 3 is 2.80 bits per heavy atom. The van der Waals surface area contributed by atoms with Gasteiger partial charge in [-0.15, -0.1) is 0 Å². The van der Waals surface area contributed by atoms with Crippen molar-refractivity contribution in [2.75, 3.05) is 6.61 Å². The van der Waals surface area contributed by atoms with Crippen LogP contribution in [0.5, 0.6) is 17.2 Å². The number of ether oxygens (including phenoxy) is 2. The van der Waals surface area contributed by atoms with Crippen LogP contribution in [0.2, 0.25) is 0 Å². The number of benzene rings is 3. The fraction of sp³-hybridized carbons (Fsp3) is 0.167. The van der Waals surface area contributed by atoms with Crippen molar-refractivity contribution in [3.05, 3.63) is 95.2 Å². The summed E-state index contributed by atoms with van der Waals surface area (Å²) in [5, 5.41) is 13.8. The maximum atomic E-state index is 15.1. The van der Waals surface area contributed by atoms with Crippen LogP contribution in [0.1, 0.15) is 30.3 Å². The average molecular weight is 561 g/mol. The highest BCUT2D eigenvalue weighted by atomic mass is 19.1. The third-order valence-corrected chi connectivity index (χ3v) is 7.25. The third-order valence-electron chi connectivity index (χ3n) is 7.25. The first-order chi connectivity index (χ1) is 19.7. The molecule has 11 heteroatoms. The number of carboxylic acids is 1. The number of rotatable bonds is 6. The molecular weight excluding hydrogens is 537 g/mol. The van der Waals surface area contributed by atoms with E-state index in [0.717, 1.165) is 23.8 Å². The Hall–Kier alpha value is -5.06. The fourth-order valence-corrected chi connectivity index (χ4v) is 5.08. The van der Waals surface area contributed by atoms with E-state index in [2.05, 4.69) is 10.1 Å². The van der Waals surface area contributed by atoms with Gasteiger partial charge in [-0.2, -0.15) is 5.10 Å². The number of aryl methyl sites for hydroxylation is 1. The number of H-pyrrole nitrogens is 1. The normalized spacial score (nSPS) is 16.6. The van der Waals surface area contributed by atoms with Crippen LogP contribution in [0, 0.1) is 17.5 Å². The van der Waals surface area contributed by atoms with Crippen molar-refractivity contribution in [1.82, 2.24) is 19.7 Å². The number of aromatic nitrogens is 4. The van der Waals surface area contributed by atoms with Gasteiger partial charge in [0.05, 0.1) is 23.1 Å². The molecular formula is C30H23F3N4O4.